The number of benzene rings is 1. The van der Waals surface area contributed by atoms with Crippen LogP contribution in [0.15, 0.2) is 46.8 Å². The fourth-order valence-corrected chi connectivity index (χ4v) is 4.48. The fourth-order valence-electron chi connectivity index (χ4n) is 4.48. The van der Waals surface area contributed by atoms with Crippen molar-refractivity contribution < 1.29 is 14.3 Å². The molecule has 1 aliphatic heterocycles. The van der Waals surface area contributed by atoms with Crippen molar-refractivity contribution in [2.75, 3.05) is 38.6 Å². The molecule has 0 saturated heterocycles. The van der Waals surface area contributed by atoms with Crippen molar-refractivity contribution in [1.29, 1.82) is 5.41 Å². The zero-order valence-corrected chi connectivity index (χ0v) is 23.4. The standard InChI is InChI=1S/C28H37N9O3/c1-28(2,3)26-36-35-25(40-26)24(39)33-23-17-37(11-5-13-38)12-9-18-14-19(6-7-21(18)23)22-8-10-31-27(34-22)32-20(15-29)16-30-4/h6-8,10,14-16,23,29-30,38H,5,9,11-13,17H2,1-4H3,(H,33,39)(H,31,32,34)/b20-16+,29-15?. The number of anilines is 1. The molecule has 5 N–H and O–H groups in total. The number of hydrogen-bond acceptors (Lipinski definition) is 11. The highest BCUT2D eigenvalue weighted by Gasteiger charge is 2.29. The van der Waals surface area contributed by atoms with Gasteiger partial charge in [-0.3, -0.25) is 4.79 Å². The number of amides is 1. The first-order valence-electron chi connectivity index (χ1n) is 13.3. The van der Waals surface area contributed by atoms with Gasteiger partial charge >= 0.3 is 11.8 Å². The Labute approximate surface area is 233 Å². The second-order valence-electron chi connectivity index (χ2n) is 10.7. The van der Waals surface area contributed by atoms with Gasteiger partial charge in [-0.05, 0) is 36.1 Å². The molecule has 0 spiro atoms. The van der Waals surface area contributed by atoms with Gasteiger partial charge in [0.2, 0.25) is 11.8 Å². The van der Waals surface area contributed by atoms with Gasteiger partial charge in [0.15, 0.2) is 0 Å². The van der Waals surface area contributed by atoms with Gasteiger partial charge in [0.05, 0.1) is 17.4 Å². The van der Waals surface area contributed by atoms with Gasteiger partial charge < -0.3 is 35.8 Å². The predicted molar refractivity (Wildman–Crippen MR) is 152 cm³/mol. The van der Waals surface area contributed by atoms with Crippen LogP contribution in [0.4, 0.5) is 5.95 Å². The van der Waals surface area contributed by atoms with Crippen LogP contribution in [-0.2, 0) is 11.8 Å². The Kier molecular flexibility index (Phi) is 9.22. The summed E-state index contributed by atoms with van der Waals surface area (Å²) in [6.07, 6.45) is 5.93. The first-order valence-corrected chi connectivity index (χ1v) is 13.3. The predicted octanol–water partition coefficient (Wildman–Crippen LogP) is 2.66. The Morgan fingerprint density at radius 2 is 2.10 bits per heavy atom. The van der Waals surface area contributed by atoms with Gasteiger partial charge in [-0.1, -0.05) is 32.9 Å². The maximum atomic E-state index is 13.2. The van der Waals surface area contributed by atoms with Gasteiger partial charge in [0, 0.05) is 62.9 Å². The number of rotatable bonds is 10. The molecule has 0 aliphatic carbocycles. The van der Waals surface area contributed by atoms with Crippen LogP contribution in [0.25, 0.3) is 11.3 Å². The Balaban J connectivity index is 1.61. The van der Waals surface area contributed by atoms with E-state index in [0.29, 0.717) is 30.5 Å². The van der Waals surface area contributed by atoms with Gasteiger partial charge in [-0.25, -0.2) is 9.97 Å². The number of aliphatic hydroxyl groups excluding tert-OH is 1. The highest BCUT2D eigenvalue weighted by atomic mass is 16.4. The minimum absolute atomic E-state index is 0.0631. The fraction of sp³-hybridized carbons (Fsp3) is 0.429. The lowest BCUT2D eigenvalue weighted by atomic mass is 9.96. The van der Waals surface area contributed by atoms with E-state index >= 15 is 0 Å². The van der Waals surface area contributed by atoms with Crippen molar-refractivity contribution in [3.05, 3.63) is 65.3 Å². The number of hydrogen-bond donors (Lipinski definition) is 5. The minimum Gasteiger partial charge on any atom is -0.416 e. The third-order valence-corrected chi connectivity index (χ3v) is 6.52. The number of carbonyl (C=O) groups excluding carboxylic acids is 1. The van der Waals surface area contributed by atoms with Crippen molar-refractivity contribution >= 4 is 18.1 Å². The lowest BCUT2D eigenvalue weighted by Crippen LogP contribution is -2.38. The average Bonchev–Trinajstić information content (AvgIpc) is 3.39. The van der Waals surface area contributed by atoms with Crippen LogP contribution < -0.4 is 16.0 Å². The van der Waals surface area contributed by atoms with E-state index in [4.69, 9.17) is 9.83 Å². The lowest BCUT2D eigenvalue weighted by Gasteiger charge is -2.25. The van der Waals surface area contributed by atoms with Crippen molar-refractivity contribution in [2.45, 2.75) is 45.1 Å². The maximum absolute atomic E-state index is 13.2. The SMILES string of the molecule is CN/C=C(\C=N)Nc1nccc(-c2ccc3c(c2)CCN(CCCO)CC3NC(=O)c2nnc(C(C)(C)C)o2)n1. The number of nitrogens with zero attached hydrogens (tertiary/aromatic N) is 5. The number of fused-ring (bicyclic) bond motifs is 1. The molecule has 0 saturated carbocycles. The van der Waals surface area contributed by atoms with Gasteiger partial charge in [-0.15, -0.1) is 10.2 Å². The highest BCUT2D eigenvalue weighted by molar-refractivity contribution is 5.89. The Morgan fingerprint density at radius 3 is 2.80 bits per heavy atom. The molecule has 0 fully saturated rings. The molecule has 1 aliphatic rings. The van der Waals surface area contributed by atoms with Crippen LogP contribution in [0.5, 0.6) is 0 Å². The molecule has 4 rings (SSSR count). The first-order chi connectivity index (χ1) is 19.2. The van der Waals surface area contributed by atoms with E-state index in [-0.39, 0.29) is 24.0 Å². The van der Waals surface area contributed by atoms with Gasteiger partial charge in [-0.2, -0.15) is 0 Å². The molecule has 0 bridgehead atoms. The molecule has 12 nitrogen and oxygen atoms in total. The molecular formula is C28H37N9O3. The number of carbonyl (C=O) groups is 1. The van der Waals surface area contributed by atoms with E-state index < -0.39 is 5.91 Å². The molecule has 3 heterocycles. The topological polar surface area (TPSA) is 165 Å². The molecule has 40 heavy (non-hydrogen) atoms. The van der Waals surface area contributed by atoms with E-state index in [1.165, 1.54) is 6.21 Å². The lowest BCUT2D eigenvalue weighted by molar-refractivity contribution is 0.0886. The molecule has 212 valence electrons. The minimum atomic E-state index is -0.421. The number of allylic oxidation sites excluding steroid dienone is 1. The maximum Gasteiger partial charge on any atom is 0.309 e. The van der Waals surface area contributed by atoms with Crippen LogP contribution in [0.2, 0.25) is 0 Å². The van der Waals surface area contributed by atoms with Gasteiger partial charge in [0.25, 0.3) is 0 Å². The summed E-state index contributed by atoms with van der Waals surface area (Å²) in [5.41, 5.74) is 3.92. The highest BCUT2D eigenvalue weighted by Crippen LogP contribution is 2.29. The van der Waals surface area contributed by atoms with E-state index in [0.717, 1.165) is 41.9 Å². The summed E-state index contributed by atoms with van der Waals surface area (Å²) in [5.74, 6) is 0.301. The van der Waals surface area contributed by atoms with E-state index in [2.05, 4.69) is 47.1 Å². The van der Waals surface area contributed by atoms with E-state index in [9.17, 15) is 9.90 Å². The monoisotopic (exact) mass is 547 g/mol. The summed E-state index contributed by atoms with van der Waals surface area (Å²) in [7, 11) is 1.75. The summed E-state index contributed by atoms with van der Waals surface area (Å²) < 4.78 is 5.68. The second kappa shape index (κ2) is 12.8. The van der Waals surface area contributed by atoms with Crippen molar-refractivity contribution in [3.8, 4) is 11.3 Å². The zero-order chi connectivity index (χ0) is 28.7. The second-order valence-corrected chi connectivity index (χ2v) is 10.7. The normalized spacial score (nSPS) is 16.1. The summed E-state index contributed by atoms with van der Waals surface area (Å²) in [5, 5.41) is 34.0. The Bertz CT molecular complexity index is 1360. The third-order valence-electron chi connectivity index (χ3n) is 6.52. The summed E-state index contributed by atoms with van der Waals surface area (Å²) in [4.78, 5) is 24.3. The van der Waals surface area contributed by atoms with E-state index in [1.54, 1.807) is 19.4 Å². The quantitative estimate of drug-likeness (QED) is 0.238. The van der Waals surface area contributed by atoms with Crippen LogP contribution in [0, 0.1) is 5.41 Å². The smallest absolute Gasteiger partial charge is 0.309 e. The summed E-state index contributed by atoms with van der Waals surface area (Å²) in [6.45, 7) is 8.04. The molecule has 1 atom stereocenters. The van der Waals surface area contributed by atoms with Crippen molar-refractivity contribution in [3.63, 3.8) is 0 Å². The summed E-state index contributed by atoms with van der Waals surface area (Å²) in [6, 6.07) is 7.64. The molecule has 2 aromatic heterocycles. The molecule has 0 radical (unpaired) electrons. The number of nitrogens with one attached hydrogen (secondary N) is 4. The Morgan fingerprint density at radius 1 is 1.27 bits per heavy atom. The molecule has 1 amide bonds. The summed E-state index contributed by atoms with van der Waals surface area (Å²) >= 11 is 0. The van der Waals surface area contributed by atoms with Gasteiger partial charge in [0.1, 0.15) is 0 Å². The van der Waals surface area contributed by atoms with E-state index in [1.807, 2.05) is 39.0 Å². The van der Waals surface area contributed by atoms with Crippen LogP contribution in [0.3, 0.4) is 0 Å². The average molecular weight is 548 g/mol. The zero-order valence-electron chi connectivity index (χ0n) is 23.4. The molecule has 1 unspecified atom stereocenters. The van der Waals surface area contributed by atoms with Crippen molar-refractivity contribution in [2.24, 2.45) is 0 Å². The number of aromatic nitrogens is 4. The largest absolute Gasteiger partial charge is 0.416 e. The Hall–Kier alpha value is -4.16. The third kappa shape index (κ3) is 7.07. The van der Waals surface area contributed by atoms with Crippen LogP contribution in [0.1, 0.15) is 60.9 Å². The molecule has 12 heteroatoms. The molecule has 1 aromatic carbocycles. The van der Waals surface area contributed by atoms with Crippen LogP contribution in [-0.4, -0.2) is 75.6 Å². The first kappa shape index (κ1) is 28.8. The number of aliphatic hydroxyl groups is 1. The van der Waals surface area contributed by atoms with Crippen LogP contribution >= 0.6 is 0 Å². The van der Waals surface area contributed by atoms with Crippen molar-refractivity contribution in [1.82, 2.24) is 35.7 Å². The molecule has 3 aromatic rings. The molecular weight excluding hydrogens is 510 g/mol.